The summed E-state index contributed by atoms with van der Waals surface area (Å²) in [7, 11) is 3.41. The summed E-state index contributed by atoms with van der Waals surface area (Å²) in [6, 6.07) is 5.71. The fraction of sp³-hybridized carbons (Fsp3) is 0.500. The zero-order chi connectivity index (χ0) is 16.0. The van der Waals surface area contributed by atoms with Gasteiger partial charge in [-0.15, -0.1) is 0 Å². The number of hydrogen-bond acceptors (Lipinski definition) is 3. The lowest BCUT2D eigenvalue weighted by molar-refractivity contribution is -0.116. The number of rotatable bonds is 6. The molecule has 5 heteroatoms. The summed E-state index contributed by atoms with van der Waals surface area (Å²) in [6.07, 6.45) is 0.406. The SMILES string of the molecule is Cc1ccc(C(=O)N(C)C)cc1NC(=O)CCNC(C)C. The van der Waals surface area contributed by atoms with Crippen LogP contribution in [0.2, 0.25) is 0 Å². The number of hydrogen-bond donors (Lipinski definition) is 2. The van der Waals surface area contributed by atoms with Crippen LogP contribution in [0.5, 0.6) is 0 Å². The molecule has 0 aliphatic heterocycles. The van der Waals surface area contributed by atoms with Crippen molar-refractivity contribution in [2.24, 2.45) is 0 Å². The Labute approximate surface area is 126 Å². The number of carbonyl (C=O) groups is 2. The van der Waals surface area contributed by atoms with Crippen molar-refractivity contribution >= 4 is 17.5 Å². The van der Waals surface area contributed by atoms with Crippen LogP contribution in [0.25, 0.3) is 0 Å². The van der Waals surface area contributed by atoms with E-state index in [1.807, 2.05) is 26.8 Å². The van der Waals surface area contributed by atoms with Crippen molar-refractivity contribution in [3.05, 3.63) is 29.3 Å². The van der Waals surface area contributed by atoms with Gasteiger partial charge in [0.05, 0.1) is 0 Å². The maximum atomic E-state index is 11.9. The van der Waals surface area contributed by atoms with Crippen LogP contribution in [0.3, 0.4) is 0 Å². The minimum Gasteiger partial charge on any atom is -0.345 e. The first kappa shape index (κ1) is 17.2. The molecular formula is C16H25N3O2. The van der Waals surface area contributed by atoms with E-state index in [0.717, 1.165) is 5.56 Å². The third-order valence-corrected chi connectivity index (χ3v) is 3.07. The van der Waals surface area contributed by atoms with E-state index in [0.29, 0.717) is 30.3 Å². The minimum atomic E-state index is -0.0769. The van der Waals surface area contributed by atoms with Gasteiger partial charge in [0.1, 0.15) is 0 Å². The van der Waals surface area contributed by atoms with E-state index < -0.39 is 0 Å². The van der Waals surface area contributed by atoms with Crippen molar-refractivity contribution in [1.82, 2.24) is 10.2 Å². The molecule has 0 heterocycles. The van der Waals surface area contributed by atoms with Gasteiger partial charge in [0.25, 0.3) is 5.91 Å². The standard InChI is InChI=1S/C16H25N3O2/c1-11(2)17-9-8-15(20)18-14-10-13(7-6-12(14)3)16(21)19(4)5/h6-7,10-11,17H,8-9H2,1-5H3,(H,18,20). The molecule has 0 saturated carbocycles. The summed E-state index contributed by atoms with van der Waals surface area (Å²) >= 11 is 0. The molecule has 0 unspecified atom stereocenters. The first-order chi connectivity index (χ1) is 9.81. The highest BCUT2D eigenvalue weighted by Gasteiger charge is 2.11. The number of anilines is 1. The molecule has 0 aliphatic rings. The number of aryl methyl sites for hydroxylation is 1. The van der Waals surface area contributed by atoms with Crippen molar-refractivity contribution < 1.29 is 9.59 Å². The van der Waals surface area contributed by atoms with Gasteiger partial charge in [0.2, 0.25) is 5.91 Å². The average molecular weight is 291 g/mol. The molecule has 1 aromatic rings. The van der Waals surface area contributed by atoms with E-state index in [4.69, 9.17) is 0 Å². The van der Waals surface area contributed by atoms with Crippen LogP contribution < -0.4 is 10.6 Å². The van der Waals surface area contributed by atoms with Gasteiger partial charge in [0.15, 0.2) is 0 Å². The quantitative estimate of drug-likeness (QED) is 0.843. The minimum absolute atomic E-state index is 0.0549. The average Bonchev–Trinajstić information content (AvgIpc) is 2.39. The van der Waals surface area contributed by atoms with E-state index in [9.17, 15) is 9.59 Å². The first-order valence-electron chi connectivity index (χ1n) is 7.16. The second-order valence-corrected chi connectivity index (χ2v) is 5.64. The lowest BCUT2D eigenvalue weighted by Gasteiger charge is -2.14. The van der Waals surface area contributed by atoms with Crippen LogP contribution in [0.4, 0.5) is 5.69 Å². The molecule has 5 nitrogen and oxygen atoms in total. The van der Waals surface area contributed by atoms with Gasteiger partial charge >= 0.3 is 0 Å². The predicted octanol–water partition coefficient (Wildman–Crippen LogP) is 2.02. The Hall–Kier alpha value is -1.88. The molecule has 116 valence electrons. The van der Waals surface area contributed by atoms with Gasteiger partial charge < -0.3 is 15.5 Å². The lowest BCUT2D eigenvalue weighted by Crippen LogP contribution is -2.27. The predicted molar refractivity (Wildman–Crippen MR) is 85.6 cm³/mol. The Morgan fingerprint density at radius 3 is 2.48 bits per heavy atom. The van der Waals surface area contributed by atoms with Crippen molar-refractivity contribution in [2.45, 2.75) is 33.2 Å². The topological polar surface area (TPSA) is 61.4 Å². The van der Waals surface area contributed by atoms with E-state index in [-0.39, 0.29) is 11.8 Å². The van der Waals surface area contributed by atoms with Crippen molar-refractivity contribution in [3.63, 3.8) is 0 Å². The molecule has 21 heavy (non-hydrogen) atoms. The van der Waals surface area contributed by atoms with Crippen LogP contribution >= 0.6 is 0 Å². The summed E-state index contributed by atoms with van der Waals surface area (Å²) in [5, 5.41) is 6.07. The van der Waals surface area contributed by atoms with E-state index in [1.165, 1.54) is 4.90 Å². The largest absolute Gasteiger partial charge is 0.345 e. The second-order valence-electron chi connectivity index (χ2n) is 5.64. The van der Waals surface area contributed by atoms with Crippen LogP contribution in [0.15, 0.2) is 18.2 Å². The molecule has 0 saturated heterocycles. The van der Waals surface area contributed by atoms with Gasteiger partial charge in [-0.2, -0.15) is 0 Å². The zero-order valence-corrected chi connectivity index (χ0v) is 13.5. The Morgan fingerprint density at radius 2 is 1.90 bits per heavy atom. The molecule has 1 rings (SSSR count). The summed E-state index contributed by atoms with van der Waals surface area (Å²) in [5.74, 6) is -0.132. The molecule has 1 aromatic carbocycles. The van der Waals surface area contributed by atoms with Crippen LogP contribution in [-0.4, -0.2) is 43.4 Å². The third kappa shape index (κ3) is 5.55. The molecular weight excluding hydrogens is 266 g/mol. The van der Waals surface area contributed by atoms with E-state index in [1.54, 1.807) is 26.2 Å². The maximum absolute atomic E-state index is 11.9. The fourth-order valence-electron chi connectivity index (χ4n) is 1.83. The van der Waals surface area contributed by atoms with Crippen molar-refractivity contribution in [2.75, 3.05) is 26.0 Å². The number of carbonyl (C=O) groups excluding carboxylic acids is 2. The summed E-state index contributed by atoms with van der Waals surface area (Å²) in [4.78, 5) is 25.4. The maximum Gasteiger partial charge on any atom is 0.253 e. The third-order valence-electron chi connectivity index (χ3n) is 3.07. The molecule has 0 spiro atoms. The van der Waals surface area contributed by atoms with Gasteiger partial charge in [-0.25, -0.2) is 0 Å². The summed E-state index contributed by atoms with van der Waals surface area (Å²) in [5.41, 5.74) is 2.20. The van der Waals surface area contributed by atoms with Gasteiger partial charge in [-0.3, -0.25) is 9.59 Å². The molecule has 0 aliphatic carbocycles. The number of benzene rings is 1. The highest BCUT2D eigenvalue weighted by molar-refractivity contribution is 5.97. The normalized spacial score (nSPS) is 10.6. The number of nitrogens with zero attached hydrogens (tertiary/aromatic N) is 1. The van der Waals surface area contributed by atoms with E-state index in [2.05, 4.69) is 10.6 Å². The number of nitrogens with one attached hydrogen (secondary N) is 2. The number of amides is 2. The van der Waals surface area contributed by atoms with Gasteiger partial charge in [-0.1, -0.05) is 19.9 Å². The van der Waals surface area contributed by atoms with Crippen LogP contribution in [-0.2, 0) is 4.79 Å². The smallest absolute Gasteiger partial charge is 0.253 e. The monoisotopic (exact) mass is 291 g/mol. The van der Waals surface area contributed by atoms with Crippen LogP contribution in [0.1, 0.15) is 36.2 Å². The highest BCUT2D eigenvalue weighted by Crippen LogP contribution is 2.18. The molecule has 0 aromatic heterocycles. The molecule has 0 radical (unpaired) electrons. The molecule has 2 N–H and O–H groups in total. The second kappa shape index (κ2) is 7.78. The summed E-state index contributed by atoms with van der Waals surface area (Å²) < 4.78 is 0. The lowest BCUT2D eigenvalue weighted by atomic mass is 10.1. The van der Waals surface area contributed by atoms with Crippen molar-refractivity contribution in [3.8, 4) is 0 Å². The van der Waals surface area contributed by atoms with Gasteiger partial charge in [-0.05, 0) is 24.6 Å². The first-order valence-corrected chi connectivity index (χ1v) is 7.16. The Morgan fingerprint density at radius 1 is 1.24 bits per heavy atom. The molecule has 0 atom stereocenters. The van der Waals surface area contributed by atoms with Crippen molar-refractivity contribution in [1.29, 1.82) is 0 Å². The molecule has 2 amide bonds. The van der Waals surface area contributed by atoms with Gasteiger partial charge in [0, 0.05) is 44.4 Å². The molecule has 0 bridgehead atoms. The van der Waals surface area contributed by atoms with E-state index >= 15 is 0 Å². The highest BCUT2D eigenvalue weighted by atomic mass is 16.2. The Kier molecular flexibility index (Phi) is 6.37. The van der Waals surface area contributed by atoms with Crippen LogP contribution in [0, 0.1) is 6.92 Å². The fourth-order valence-corrected chi connectivity index (χ4v) is 1.83. The molecule has 0 fully saturated rings. The summed E-state index contributed by atoms with van der Waals surface area (Å²) in [6.45, 7) is 6.63. The Balaban J connectivity index is 2.72. The zero-order valence-electron chi connectivity index (χ0n) is 13.5. The Bertz CT molecular complexity index is 510.